The monoisotopic (exact) mass is 329 g/mol. The first-order valence-corrected chi connectivity index (χ1v) is 7.85. The van der Waals surface area contributed by atoms with Gasteiger partial charge in [0.25, 0.3) is 5.91 Å². The van der Waals surface area contributed by atoms with Crippen LogP contribution in [0.25, 0.3) is 16.7 Å². The van der Waals surface area contributed by atoms with Crippen LogP contribution in [0, 0.1) is 6.92 Å². The Bertz CT molecular complexity index is 1060. The second-order valence-corrected chi connectivity index (χ2v) is 5.62. The molecule has 4 rings (SSSR count). The topological polar surface area (TPSA) is 72.7 Å². The van der Waals surface area contributed by atoms with E-state index in [9.17, 15) is 4.79 Å². The number of benzene rings is 2. The Morgan fingerprint density at radius 3 is 2.52 bits per heavy atom. The summed E-state index contributed by atoms with van der Waals surface area (Å²) < 4.78 is 1.52. The summed E-state index contributed by atoms with van der Waals surface area (Å²) in [5.41, 5.74) is 1.75. The molecule has 0 saturated heterocycles. The van der Waals surface area contributed by atoms with Gasteiger partial charge in [-0.25, -0.2) is 14.6 Å². The molecule has 0 unspecified atom stereocenters. The van der Waals surface area contributed by atoms with Gasteiger partial charge < -0.3 is 5.32 Å². The summed E-state index contributed by atoms with van der Waals surface area (Å²) in [6.07, 6.45) is 4.99. The number of aryl methyl sites for hydroxylation is 1. The number of rotatable bonds is 3. The zero-order chi connectivity index (χ0) is 17.2. The van der Waals surface area contributed by atoms with Gasteiger partial charge in [0.2, 0.25) is 5.95 Å². The first kappa shape index (κ1) is 15.0. The molecular weight excluding hydrogens is 314 g/mol. The quantitative estimate of drug-likeness (QED) is 0.625. The lowest BCUT2D eigenvalue weighted by molar-refractivity contribution is 0.102. The lowest BCUT2D eigenvalue weighted by atomic mass is 10.00. The van der Waals surface area contributed by atoms with Crippen molar-refractivity contribution in [2.24, 2.45) is 0 Å². The summed E-state index contributed by atoms with van der Waals surface area (Å²) in [5.74, 6) is 0.696. The number of aromatic nitrogens is 4. The lowest BCUT2D eigenvalue weighted by Crippen LogP contribution is -2.13. The molecule has 0 atom stereocenters. The molecule has 122 valence electrons. The van der Waals surface area contributed by atoms with E-state index >= 15 is 0 Å². The van der Waals surface area contributed by atoms with Crippen LogP contribution in [0.2, 0.25) is 0 Å². The number of fused-ring (bicyclic) bond motifs is 1. The summed E-state index contributed by atoms with van der Waals surface area (Å²) in [5, 5.41) is 9.13. The van der Waals surface area contributed by atoms with E-state index in [4.69, 9.17) is 0 Å². The minimum absolute atomic E-state index is 0.199. The number of anilines is 1. The first-order valence-electron chi connectivity index (χ1n) is 7.85. The van der Waals surface area contributed by atoms with Crippen molar-refractivity contribution < 1.29 is 4.79 Å². The van der Waals surface area contributed by atoms with Crippen LogP contribution in [0.4, 0.5) is 5.82 Å². The first-order chi connectivity index (χ1) is 12.2. The van der Waals surface area contributed by atoms with Gasteiger partial charge in [0.15, 0.2) is 5.82 Å². The third-order valence-electron chi connectivity index (χ3n) is 3.97. The fraction of sp³-hybridized carbons (Fsp3) is 0.0526. The normalized spacial score (nSPS) is 10.8. The third-order valence-corrected chi connectivity index (χ3v) is 3.97. The molecule has 2 aromatic heterocycles. The van der Waals surface area contributed by atoms with E-state index < -0.39 is 0 Å². The summed E-state index contributed by atoms with van der Waals surface area (Å²) in [4.78, 5) is 20.9. The van der Waals surface area contributed by atoms with Gasteiger partial charge in [-0.15, -0.1) is 5.10 Å². The molecule has 0 aliphatic carbocycles. The van der Waals surface area contributed by atoms with Crippen molar-refractivity contribution in [1.82, 2.24) is 19.7 Å². The molecule has 6 heteroatoms. The van der Waals surface area contributed by atoms with Crippen molar-refractivity contribution in [1.29, 1.82) is 0 Å². The van der Waals surface area contributed by atoms with Crippen molar-refractivity contribution in [2.45, 2.75) is 6.92 Å². The summed E-state index contributed by atoms with van der Waals surface area (Å²) in [6, 6.07) is 15.1. The van der Waals surface area contributed by atoms with Crippen molar-refractivity contribution in [2.75, 3.05) is 5.32 Å². The summed E-state index contributed by atoms with van der Waals surface area (Å²) in [6.45, 7) is 2.03. The molecule has 25 heavy (non-hydrogen) atoms. The molecule has 2 aromatic carbocycles. The van der Waals surface area contributed by atoms with E-state index in [-0.39, 0.29) is 5.91 Å². The maximum Gasteiger partial charge on any atom is 0.257 e. The number of nitrogens with zero attached hydrogens (tertiary/aromatic N) is 4. The second kappa shape index (κ2) is 6.16. The van der Waals surface area contributed by atoms with E-state index in [1.807, 2.05) is 43.3 Å². The van der Waals surface area contributed by atoms with Crippen molar-refractivity contribution in [3.8, 4) is 5.95 Å². The highest BCUT2D eigenvalue weighted by atomic mass is 16.1. The number of carbonyl (C=O) groups is 1. The van der Waals surface area contributed by atoms with E-state index in [1.165, 1.54) is 4.68 Å². The fourth-order valence-electron chi connectivity index (χ4n) is 2.74. The van der Waals surface area contributed by atoms with Crippen molar-refractivity contribution in [3.05, 3.63) is 78.2 Å². The van der Waals surface area contributed by atoms with Gasteiger partial charge in [0, 0.05) is 30.2 Å². The highest BCUT2D eigenvalue weighted by Crippen LogP contribution is 2.23. The Morgan fingerprint density at radius 2 is 1.72 bits per heavy atom. The molecule has 0 radical (unpaired) electrons. The average Bonchev–Trinajstić information content (AvgIpc) is 3.11. The average molecular weight is 329 g/mol. The minimum atomic E-state index is -0.199. The highest BCUT2D eigenvalue weighted by Gasteiger charge is 2.13. The van der Waals surface area contributed by atoms with Crippen LogP contribution < -0.4 is 5.32 Å². The summed E-state index contributed by atoms with van der Waals surface area (Å²) >= 11 is 0. The van der Waals surface area contributed by atoms with Gasteiger partial charge in [0.1, 0.15) is 0 Å². The standard InChI is InChI=1S/C19H15N5O/c1-13-7-8-16(15-6-3-2-5-14(13)15)18(25)22-17-9-12-24(23-17)19-20-10-4-11-21-19/h2-12H,1H3,(H,22,23,25). The van der Waals surface area contributed by atoms with Gasteiger partial charge in [-0.05, 0) is 35.4 Å². The Balaban J connectivity index is 1.63. The zero-order valence-electron chi connectivity index (χ0n) is 13.5. The molecule has 2 heterocycles. The van der Waals surface area contributed by atoms with Crippen LogP contribution in [0.15, 0.2) is 67.1 Å². The Labute approximate surface area is 144 Å². The van der Waals surface area contributed by atoms with Gasteiger partial charge in [-0.1, -0.05) is 30.3 Å². The Hall–Kier alpha value is -3.54. The highest BCUT2D eigenvalue weighted by molar-refractivity contribution is 6.13. The molecule has 4 aromatic rings. The zero-order valence-corrected chi connectivity index (χ0v) is 13.5. The van der Waals surface area contributed by atoms with Gasteiger partial charge >= 0.3 is 0 Å². The van der Waals surface area contributed by atoms with Gasteiger partial charge in [-0.3, -0.25) is 4.79 Å². The number of amides is 1. The predicted octanol–water partition coefficient (Wildman–Crippen LogP) is 3.38. The van der Waals surface area contributed by atoms with E-state index in [1.54, 1.807) is 30.7 Å². The SMILES string of the molecule is Cc1ccc(C(=O)Nc2ccn(-c3ncccn3)n2)c2ccccc12. The van der Waals surface area contributed by atoms with E-state index in [0.29, 0.717) is 17.3 Å². The van der Waals surface area contributed by atoms with Crippen molar-refractivity contribution in [3.63, 3.8) is 0 Å². The molecule has 0 fully saturated rings. The predicted molar refractivity (Wildman–Crippen MR) is 95.8 cm³/mol. The maximum atomic E-state index is 12.7. The smallest absolute Gasteiger partial charge is 0.257 e. The molecule has 0 aliphatic heterocycles. The molecule has 0 aliphatic rings. The van der Waals surface area contributed by atoms with Gasteiger partial charge in [0.05, 0.1) is 0 Å². The Morgan fingerprint density at radius 1 is 0.960 bits per heavy atom. The largest absolute Gasteiger partial charge is 0.305 e. The third kappa shape index (κ3) is 2.85. The van der Waals surface area contributed by atoms with Crippen LogP contribution in [0.5, 0.6) is 0 Å². The molecule has 1 amide bonds. The maximum absolute atomic E-state index is 12.7. The molecule has 0 saturated carbocycles. The molecule has 0 bridgehead atoms. The molecule has 0 spiro atoms. The fourth-order valence-corrected chi connectivity index (χ4v) is 2.74. The minimum Gasteiger partial charge on any atom is -0.305 e. The molecule has 1 N–H and O–H groups in total. The van der Waals surface area contributed by atoms with Gasteiger partial charge in [-0.2, -0.15) is 0 Å². The van der Waals surface area contributed by atoms with Crippen LogP contribution >= 0.6 is 0 Å². The van der Waals surface area contributed by atoms with Crippen LogP contribution in [-0.4, -0.2) is 25.7 Å². The molecule has 6 nitrogen and oxygen atoms in total. The Kier molecular flexibility index (Phi) is 3.70. The van der Waals surface area contributed by atoms with Crippen LogP contribution in [0.3, 0.4) is 0 Å². The number of carbonyl (C=O) groups excluding carboxylic acids is 1. The van der Waals surface area contributed by atoms with Crippen LogP contribution in [-0.2, 0) is 0 Å². The van der Waals surface area contributed by atoms with Crippen molar-refractivity contribution >= 4 is 22.5 Å². The van der Waals surface area contributed by atoms with E-state index in [0.717, 1.165) is 16.3 Å². The number of hydrogen-bond donors (Lipinski definition) is 1. The lowest BCUT2D eigenvalue weighted by Gasteiger charge is -2.08. The number of hydrogen-bond acceptors (Lipinski definition) is 4. The van der Waals surface area contributed by atoms with Crippen LogP contribution in [0.1, 0.15) is 15.9 Å². The second-order valence-electron chi connectivity index (χ2n) is 5.62. The number of nitrogens with one attached hydrogen (secondary N) is 1. The van der Waals surface area contributed by atoms with E-state index in [2.05, 4.69) is 20.4 Å². The summed E-state index contributed by atoms with van der Waals surface area (Å²) in [7, 11) is 0. The molecular formula is C19H15N5O.